The molecule has 72 valence electrons. The molecule has 6 heteroatoms. The molecule has 1 aliphatic heterocycles. The Balaban J connectivity index is 2.72. The van der Waals surface area contributed by atoms with Crippen LogP contribution in [0.4, 0.5) is 0 Å². The average molecular weight is 195 g/mol. The molecule has 1 unspecified atom stereocenters. The summed E-state index contributed by atoms with van der Waals surface area (Å²) in [5, 5.41) is 8.84. The summed E-state index contributed by atoms with van der Waals surface area (Å²) < 4.78 is 28.5. The minimum Gasteiger partial charge on any atom is -0.395 e. The fourth-order valence-corrected chi connectivity index (χ4v) is 2.30. The van der Waals surface area contributed by atoms with Gasteiger partial charge in [-0.15, -0.1) is 0 Å². The SMILES string of the molecule is CS(=O)(=O)N1CCOCC1CO. The number of hydrogen-bond acceptors (Lipinski definition) is 4. The molecule has 0 spiro atoms. The van der Waals surface area contributed by atoms with Crippen LogP contribution in [-0.2, 0) is 14.8 Å². The minimum atomic E-state index is -3.19. The average Bonchev–Trinajstić information content (AvgIpc) is 2.03. The van der Waals surface area contributed by atoms with E-state index >= 15 is 0 Å². The summed E-state index contributed by atoms with van der Waals surface area (Å²) in [5.41, 5.74) is 0. The molecule has 0 aliphatic carbocycles. The lowest BCUT2D eigenvalue weighted by molar-refractivity contribution is 0.0112. The molecule has 0 aromatic heterocycles. The van der Waals surface area contributed by atoms with E-state index in [-0.39, 0.29) is 13.2 Å². The van der Waals surface area contributed by atoms with E-state index in [0.717, 1.165) is 6.26 Å². The molecule has 0 aromatic rings. The molecular weight excluding hydrogens is 182 g/mol. The van der Waals surface area contributed by atoms with Gasteiger partial charge in [-0.2, -0.15) is 4.31 Å². The first-order valence-corrected chi connectivity index (χ1v) is 5.56. The lowest BCUT2D eigenvalue weighted by Gasteiger charge is -2.32. The van der Waals surface area contributed by atoms with E-state index in [1.165, 1.54) is 4.31 Å². The summed E-state index contributed by atoms with van der Waals surface area (Å²) in [7, 11) is -3.19. The molecule has 0 aromatic carbocycles. The normalized spacial score (nSPS) is 27.3. The fraction of sp³-hybridized carbons (Fsp3) is 1.00. The van der Waals surface area contributed by atoms with Crippen molar-refractivity contribution >= 4 is 10.0 Å². The van der Waals surface area contributed by atoms with Crippen molar-refractivity contribution in [2.24, 2.45) is 0 Å². The summed E-state index contributed by atoms with van der Waals surface area (Å²) >= 11 is 0. The Hall–Kier alpha value is -0.170. The summed E-state index contributed by atoms with van der Waals surface area (Å²) in [4.78, 5) is 0. The van der Waals surface area contributed by atoms with E-state index in [1.54, 1.807) is 0 Å². The largest absolute Gasteiger partial charge is 0.395 e. The number of rotatable bonds is 2. The maximum atomic E-state index is 11.1. The highest BCUT2D eigenvalue weighted by molar-refractivity contribution is 7.88. The van der Waals surface area contributed by atoms with Gasteiger partial charge in [0.15, 0.2) is 0 Å². The Morgan fingerprint density at radius 3 is 2.75 bits per heavy atom. The van der Waals surface area contributed by atoms with Gasteiger partial charge in [-0.1, -0.05) is 0 Å². The Bertz CT molecular complexity index is 238. The highest BCUT2D eigenvalue weighted by Gasteiger charge is 2.28. The van der Waals surface area contributed by atoms with Gasteiger partial charge in [0.25, 0.3) is 0 Å². The topological polar surface area (TPSA) is 66.8 Å². The van der Waals surface area contributed by atoms with E-state index < -0.39 is 16.1 Å². The Morgan fingerprint density at radius 1 is 1.67 bits per heavy atom. The maximum absolute atomic E-state index is 11.1. The Morgan fingerprint density at radius 2 is 2.33 bits per heavy atom. The van der Waals surface area contributed by atoms with Crippen LogP contribution in [0.1, 0.15) is 0 Å². The second-order valence-corrected chi connectivity index (χ2v) is 4.72. The van der Waals surface area contributed by atoms with E-state index in [0.29, 0.717) is 13.2 Å². The van der Waals surface area contributed by atoms with Gasteiger partial charge in [0.2, 0.25) is 10.0 Å². The van der Waals surface area contributed by atoms with E-state index in [2.05, 4.69) is 0 Å². The van der Waals surface area contributed by atoms with Crippen LogP contribution in [0.3, 0.4) is 0 Å². The molecule has 1 rings (SSSR count). The zero-order chi connectivity index (χ0) is 9.19. The first-order chi connectivity index (χ1) is 5.55. The van der Waals surface area contributed by atoms with Crippen molar-refractivity contribution in [2.45, 2.75) is 6.04 Å². The van der Waals surface area contributed by atoms with Crippen LogP contribution in [0.15, 0.2) is 0 Å². The third kappa shape index (κ3) is 2.16. The molecule has 0 saturated carbocycles. The molecule has 1 heterocycles. The van der Waals surface area contributed by atoms with Gasteiger partial charge in [0.05, 0.1) is 32.1 Å². The van der Waals surface area contributed by atoms with Crippen molar-refractivity contribution in [3.05, 3.63) is 0 Å². The summed E-state index contributed by atoms with van der Waals surface area (Å²) in [5.74, 6) is 0. The monoisotopic (exact) mass is 195 g/mol. The lowest BCUT2D eigenvalue weighted by atomic mass is 10.3. The van der Waals surface area contributed by atoms with Crippen LogP contribution in [-0.4, -0.2) is 56.5 Å². The zero-order valence-electron chi connectivity index (χ0n) is 6.93. The third-order valence-corrected chi connectivity index (χ3v) is 3.14. The van der Waals surface area contributed by atoms with Crippen LogP contribution in [0.25, 0.3) is 0 Å². The van der Waals surface area contributed by atoms with Crippen molar-refractivity contribution in [3.63, 3.8) is 0 Å². The number of ether oxygens (including phenoxy) is 1. The summed E-state index contributed by atoms with van der Waals surface area (Å²) in [6, 6.07) is -0.409. The first-order valence-electron chi connectivity index (χ1n) is 3.71. The molecule has 5 nitrogen and oxygen atoms in total. The van der Waals surface area contributed by atoms with Gasteiger partial charge in [0.1, 0.15) is 0 Å². The second kappa shape index (κ2) is 3.69. The number of hydrogen-bond donors (Lipinski definition) is 1. The molecule has 1 fully saturated rings. The lowest BCUT2D eigenvalue weighted by Crippen LogP contribution is -2.49. The predicted octanol–water partition coefficient (Wildman–Crippen LogP) is -1.36. The maximum Gasteiger partial charge on any atom is 0.211 e. The van der Waals surface area contributed by atoms with Gasteiger partial charge in [-0.25, -0.2) is 8.42 Å². The molecular formula is C6H13NO4S. The van der Waals surface area contributed by atoms with Crippen molar-refractivity contribution in [1.82, 2.24) is 4.31 Å². The second-order valence-electron chi connectivity index (χ2n) is 2.79. The zero-order valence-corrected chi connectivity index (χ0v) is 7.75. The van der Waals surface area contributed by atoms with Gasteiger partial charge in [0, 0.05) is 6.54 Å². The van der Waals surface area contributed by atoms with Gasteiger partial charge >= 0.3 is 0 Å². The van der Waals surface area contributed by atoms with Crippen LogP contribution >= 0.6 is 0 Å². The molecule has 0 bridgehead atoms. The Kier molecular flexibility index (Phi) is 3.05. The van der Waals surface area contributed by atoms with E-state index in [9.17, 15) is 8.42 Å². The Labute approximate surface area is 72.0 Å². The molecule has 1 atom stereocenters. The van der Waals surface area contributed by atoms with E-state index in [1.807, 2.05) is 0 Å². The number of aliphatic hydroxyl groups excluding tert-OH is 1. The summed E-state index contributed by atoms with van der Waals surface area (Å²) in [6.45, 7) is 0.838. The van der Waals surface area contributed by atoms with Crippen LogP contribution in [0, 0.1) is 0 Å². The predicted molar refractivity (Wildman–Crippen MR) is 43.2 cm³/mol. The number of aliphatic hydroxyl groups is 1. The highest BCUT2D eigenvalue weighted by atomic mass is 32.2. The van der Waals surface area contributed by atoms with E-state index in [4.69, 9.17) is 9.84 Å². The number of morpholine rings is 1. The minimum absolute atomic E-state index is 0.187. The van der Waals surface area contributed by atoms with Gasteiger partial charge < -0.3 is 9.84 Å². The quantitative estimate of drug-likeness (QED) is 0.591. The third-order valence-electron chi connectivity index (χ3n) is 1.81. The fourth-order valence-electron chi connectivity index (χ4n) is 1.22. The molecule has 0 amide bonds. The van der Waals surface area contributed by atoms with Crippen molar-refractivity contribution in [2.75, 3.05) is 32.6 Å². The van der Waals surface area contributed by atoms with Gasteiger partial charge in [-0.3, -0.25) is 0 Å². The van der Waals surface area contributed by atoms with Crippen molar-refractivity contribution < 1.29 is 18.3 Å². The molecule has 1 saturated heterocycles. The smallest absolute Gasteiger partial charge is 0.211 e. The van der Waals surface area contributed by atoms with Crippen molar-refractivity contribution in [1.29, 1.82) is 0 Å². The van der Waals surface area contributed by atoms with Gasteiger partial charge in [-0.05, 0) is 0 Å². The first kappa shape index (κ1) is 9.91. The molecule has 1 aliphatic rings. The molecule has 1 N–H and O–H groups in total. The van der Waals surface area contributed by atoms with Crippen LogP contribution < -0.4 is 0 Å². The highest BCUT2D eigenvalue weighted by Crippen LogP contribution is 2.10. The molecule has 12 heavy (non-hydrogen) atoms. The number of nitrogens with zero attached hydrogens (tertiary/aromatic N) is 1. The van der Waals surface area contributed by atoms with Crippen LogP contribution in [0.2, 0.25) is 0 Å². The number of sulfonamides is 1. The standard InChI is InChI=1S/C6H13NO4S/c1-12(9,10)7-2-3-11-5-6(7)4-8/h6,8H,2-5H2,1H3. The van der Waals surface area contributed by atoms with Crippen LogP contribution in [0.5, 0.6) is 0 Å². The van der Waals surface area contributed by atoms with Crippen molar-refractivity contribution in [3.8, 4) is 0 Å². The summed E-state index contributed by atoms with van der Waals surface area (Å²) in [6.07, 6.45) is 1.14. The molecule has 0 radical (unpaired) electrons.